The monoisotopic (exact) mass is 671 g/mol. The fourth-order valence-corrected chi connectivity index (χ4v) is 9.04. The molecule has 2 aliphatic carbocycles. The molecule has 0 radical (unpaired) electrons. The smallest absolute Gasteiger partial charge is 0.280 e. The number of carbonyl (C=O) groups is 1. The molecule has 0 spiro atoms. The number of morpholine rings is 1. The minimum absolute atomic E-state index is 0.0801. The fraction of sp³-hybridized carbons (Fsp3) is 0.639. The predicted molar refractivity (Wildman–Crippen MR) is 183 cm³/mol. The Morgan fingerprint density at radius 2 is 1.98 bits per heavy atom. The highest BCUT2D eigenvalue weighted by atomic mass is 35.5. The van der Waals surface area contributed by atoms with Crippen LogP contribution in [0.15, 0.2) is 58.2 Å². The molecule has 2 fully saturated rings. The summed E-state index contributed by atoms with van der Waals surface area (Å²) in [5.74, 6) is 1.32. The van der Waals surface area contributed by atoms with Crippen molar-refractivity contribution in [1.29, 1.82) is 0 Å². The van der Waals surface area contributed by atoms with Gasteiger partial charge < -0.3 is 14.6 Å². The molecule has 2 bridgehead atoms. The van der Waals surface area contributed by atoms with Crippen molar-refractivity contribution in [3.8, 4) is 0 Å². The summed E-state index contributed by atoms with van der Waals surface area (Å²) in [5, 5.41) is 13.2. The van der Waals surface area contributed by atoms with Crippen LogP contribution in [0.5, 0.6) is 0 Å². The summed E-state index contributed by atoms with van der Waals surface area (Å²) in [5.41, 5.74) is 2.13. The molecule has 252 valence electrons. The van der Waals surface area contributed by atoms with E-state index < -0.39 is 16.2 Å². The summed E-state index contributed by atoms with van der Waals surface area (Å²) in [4.78, 5) is 18.2. The topological polar surface area (TPSA) is 91.7 Å². The van der Waals surface area contributed by atoms with Crippen molar-refractivity contribution < 1.29 is 23.6 Å². The number of aryl methyl sites for hydroxylation is 1. The first-order valence-electron chi connectivity index (χ1n) is 17.2. The summed E-state index contributed by atoms with van der Waals surface area (Å²) in [7, 11) is -2.04. The van der Waals surface area contributed by atoms with Crippen LogP contribution in [0, 0.1) is 17.8 Å². The van der Waals surface area contributed by atoms with Crippen molar-refractivity contribution in [2.24, 2.45) is 22.1 Å². The summed E-state index contributed by atoms with van der Waals surface area (Å²) in [6.45, 7) is 8.19. The molecule has 1 aromatic carbocycles. The van der Waals surface area contributed by atoms with E-state index in [0.717, 1.165) is 82.3 Å². The number of aliphatic hydroxyl groups is 1. The van der Waals surface area contributed by atoms with Crippen LogP contribution < -0.4 is 0 Å². The zero-order valence-electron chi connectivity index (χ0n) is 27.1. The first-order valence-corrected chi connectivity index (χ1v) is 19.0. The van der Waals surface area contributed by atoms with E-state index >= 15 is 0 Å². The first kappa shape index (κ1) is 33.9. The van der Waals surface area contributed by atoms with E-state index in [9.17, 15) is 14.1 Å². The molecule has 2 unspecified atom stereocenters. The van der Waals surface area contributed by atoms with Crippen LogP contribution in [0.3, 0.4) is 0 Å². The van der Waals surface area contributed by atoms with Crippen LogP contribution >= 0.6 is 11.6 Å². The zero-order valence-corrected chi connectivity index (χ0v) is 28.8. The van der Waals surface area contributed by atoms with Crippen molar-refractivity contribution in [1.82, 2.24) is 9.80 Å². The van der Waals surface area contributed by atoms with Crippen molar-refractivity contribution in [3.63, 3.8) is 0 Å². The molecule has 1 N–H and O–H groups in total. The number of nitrogens with zero attached hydrogens (tertiary/aromatic N) is 3. The Hall–Kier alpha value is -2.01. The van der Waals surface area contributed by atoms with Crippen LogP contribution in [0.4, 0.5) is 0 Å². The normalized spacial score (nSPS) is 34.6. The van der Waals surface area contributed by atoms with Gasteiger partial charge in [-0.25, -0.2) is 0 Å². The number of carbonyl (C=O) groups excluding carboxylic acids is 1. The molecule has 1 aromatic rings. The number of hydrogen-bond acceptors (Lipinski definition) is 7. The third-order valence-electron chi connectivity index (χ3n) is 10.6. The number of amides is 1. The third-order valence-corrected chi connectivity index (χ3v) is 12.2. The maximum absolute atomic E-state index is 13.4. The lowest BCUT2D eigenvalue weighted by Crippen LogP contribution is -2.53. The molecule has 1 saturated heterocycles. The van der Waals surface area contributed by atoms with Crippen LogP contribution in [-0.4, -0.2) is 88.4 Å². The Morgan fingerprint density at radius 1 is 1.13 bits per heavy atom. The highest BCUT2D eigenvalue weighted by Crippen LogP contribution is 2.46. The fourth-order valence-electron chi connectivity index (χ4n) is 7.75. The van der Waals surface area contributed by atoms with Gasteiger partial charge >= 0.3 is 0 Å². The number of hydrogen-bond donors (Lipinski definition) is 2. The first-order chi connectivity index (χ1) is 22.3. The van der Waals surface area contributed by atoms with Crippen molar-refractivity contribution >= 4 is 28.1 Å². The largest absolute Gasteiger partial charge is 0.496 e. The second-order valence-corrected chi connectivity index (χ2v) is 15.7. The molecule has 3 aliphatic heterocycles. The van der Waals surface area contributed by atoms with Crippen LogP contribution in [0.2, 0.25) is 5.02 Å². The lowest BCUT2D eigenvalue weighted by atomic mass is 9.63. The predicted octanol–water partition coefficient (Wildman–Crippen LogP) is 5.34. The van der Waals surface area contributed by atoms with Crippen LogP contribution in [0.1, 0.15) is 63.0 Å². The quantitative estimate of drug-likeness (QED) is 0.331. The Morgan fingerprint density at radius 3 is 2.78 bits per heavy atom. The molecule has 8 nitrogen and oxygen atoms in total. The van der Waals surface area contributed by atoms with Gasteiger partial charge in [-0.3, -0.25) is 18.8 Å². The molecule has 6 atom stereocenters. The second kappa shape index (κ2) is 15.5. The number of benzene rings is 1. The molecule has 3 heterocycles. The van der Waals surface area contributed by atoms with Crippen molar-refractivity contribution in [3.05, 3.63) is 70.0 Å². The van der Waals surface area contributed by atoms with Gasteiger partial charge in [-0.15, -0.1) is 0 Å². The molecule has 6 rings (SSSR count). The van der Waals surface area contributed by atoms with E-state index in [-0.39, 0.29) is 29.7 Å². The Bertz CT molecular complexity index is 1430. The molecule has 1 amide bonds. The second-order valence-electron chi connectivity index (χ2n) is 14.0. The van der Waals surface area contributed by atoms with Gasteiger partial charge in [0.15, 0.2) is 0 Å². The molecular weight excluding hydrogens is 622 g/mol. The summed E-state index contributed by atoms with van der Waals surface area (Å²) >= 11 is 6.47. The Balaban J connectivity index is 1.36. The minimum atomic E-state index is -2.04. The van der Waals surface area contributed by atoms with Gasteiger partial charge in [-0.05, 0) is 98.1 Å². The highest BCUT2D eigenvalue weighted by Gasteiger charge is 2.46. The van der Waals surface area contributed by atoms with Crippen molar-refractivity contribution in [2.45, 2.75) is 76.5 Å². The number of ether oxygens (including phenoxy) is 2. The van der Waals surface area contributed by atoms with Gasteiger partial charge in [0, 0.05) is 66.1 Å². The highest BCUT2D eigenvalue weighted by molar-refractivity contribution is 7.75. The Kier molecular flexibility index (Phi) is 11.4. The molecule has 0 aromatic heterocycles. The van der Waals surface area contributed by atoms with Crippen LogP contribution in [-0.2, 0) is 37.8 Å². The SMILES string of the molecule is C[C@H]1C/C=C/[C@@](O)(CCN2CCOCC2)[C@@H]2CC[C@H]2CN2Cc3ccc(Cl)cc3CCCCOC3=CC=C(CC32)C(=O)/N=[SH](=O)\C1. The van der Waals surface area contributed by atoms with E-state index in [0.29, 0.717) is 43.7 Å². The van der Waals surface area contributed by atoms with E-state index in [1.54, 1.807) is 0 Å². The molecule has 1 saturated carbocycles. The van der Waals surface area contributed by atoms with Gasteiger partial charge in [0.25, 0.3) is 5.91 Å². The van der Waals surface area contributed by atoms with Crippen molar-refractivity contribution in [2.75, 3.05) is 51.8 Å². The summed E-state index contributed by atoms with van der Waals surface area (Å²) in [6.07, 6.45) is 14.6. The third kappa shape index (κ3) is 8.34. The van der Waals surface area contributed by atoms with Gasteiger partial charge in [-0.1, -0.05) is 36.7 Å². The average molecular weight is 672 g/mol. The van der Waals surface area contributed by atoms with Gasteiger partial charge in [0.2, 0.25) is 0 Å². The zero-order chi connectivity index (χ0) is 32.1. The molecule has 46 heavy (non-hydrogen) atoms. The van der Waals surface area contributed by atoms with Gasteiger partial charge in [-0.2, -0.15) is 4.36 Å². The number of fused-ring (bicyclic) bond motifs is 3. The number of rotatable bonds is 3. The summed E-state index contributed by atoms with van der Waals surface area (Å²) in [6, 6.07) is 6.04. The van der Waals surface area contributed by atoms with E-state index in [4.69, 9.17) is 21.1 Å². The minimum Gasteiger partial charge on any atom is -0.496 e. The molecule has 10 heteroatoms. The summed E-state index contributed by atoms with van der Waals surface area (Å²) < 4.78 is 29.2. The van der Waals surface area contributed by atoms with Gasteiger partial charge in [0.05, 0.1) is 31.5 Å². The number of halogens is 1. The lowest BCUT2D eigenvalue weighted by Gasteiger charge is -2.49. The van der Waals surface area contributed by atoms with E-state index in [1.807, 2.05) is 31.2 Å². The maximum atomic E-state index is 13.4. The van der Waals surface area contributed by atoms with E-state index in [1.165, 1.54) is 11.1 Å². The Labute approximate surface area is 281 Å². The standard InChI is InChI=1S/C36H50ClN3O5S/c1-26-5-4-13-36(42,14-15-39-16-19-44-20-17-39)32-11-8-30(32)24-40-23-29-7-10-31(37)21-27(29)6-2-3-18-45-34-12-9-28(22-33(34)40)35(41)38-46(43)25-26/h4,7,9-10,12-13,21,26,30,32-33,42,46H,2-3,5-6,8,11,14-20,22-25H2,1H3/b13-4+/t26-,30-,32+,33?,36+/m0/s1. The lowest BCUT2D eigenvalue weighted by molar-refractivity contribution is -0.114. The number of allylic oxidation sites excluding steroid dienone is 3. The molecule has 5 aliphatic rings. The molecular formula is C36H50ClN3O5S. The van der Waals surface area contributed by atoms with Gasteiger partial charge in [0.1, 0.15) is 5.76 Å². The number of thiol groups is 1. The maximum Gasteiger partial charge on any atom is 0.280 e. The average Bonchev–Trinajstić information content (AvgIpc) is 3.05. The van der Waals surface area contributed by atoms with E-state index in [2.05, 4.69) is 32.4 Å². The van der Waals surface area contributed by atoms with Crippen LogP contribution in [0.25, 0.3) is 0 Å².